The molecule has 2 aromatic rings. The van der Waals surface area contributed by atoms with E-state index in [9.17, 15) is 0 Å². The van der Waals surface area contributed by atoms with Crippen LogP contribution >= 0.6 is 0 Å². The van der Waals surface area contributed by atoms with Crippen LogP contribution in [0.2, 0.25) is 0 Å². The fourth-order valence-electron chi connectivity index (χ4n) is 4.15. The smallest absolute Gasteiger partial charge is 0.127 e. The second kappa shape index (κ2) is 7.64. The van der Waals surface area contributed by atoms with Gasteiger partial charge < -0.3 is 16.8 Å². The maximum absolute atomic E-state index is 6.09. The van der Waals surface area contributed by atoms with Gasteiger partial charge in [-0.15, -0.1) is 0 Å². The topological polar surface area (TPSA) is 103 Å². The summed E-state index contributed by atoms with van der Waals surface area (Å²) in [7, 11) is 0. The Morgan fingerprint density at radius 2 is 1.96 bits per heavy atom. The van der Waals surface area contributed by atoms with E-state index in [1.165, 1.54) is 17.5 Å². The lowest BCUT2D eigenvalue weighted by Crippen LogP contribution is -2.33. The number of rotatable bonds is 5. The van der Waals surface area contributed by atoms with Crippen molar-refractivity contribution < 1.29 is 0 Å². The first-order chi connectivity index (χ1) is 13.1. The van der Waals surface area contributed by atoms with E-state index in [4.69, 9.17) is 16.5 Å². The molecule has 2 aliphatic rings. The van der Waals surface area contributed by atoms with E-state index < -0.39 is 0 Å². The molecule has 4 rings (SSSR count). The highest BCUT2D eigenvalue weighted by Gasteiger charge is 2.25. The second-order valence-corrected chi connectivity index (χ2v) is 7.72. The van der Waals surface area contributed by atoms with Gasteiger partial charge in [-0.1, -0.05) is 25.0 Å². The summed E-state index contributed by atoms with van der Waals surface area (Å²) < 4.78 is 0. The summed E-state index contributed by atoms with van der Waals surface area (Å²) in [5, 5.41) is 3.81. The van der Waals surface area contributed by atoms with Gasteiger partial charge in [0.25, 0.3) is 0 Å². The Morgan fingerprint density at radius 3 is 2.70 bits per heavy atom. The van der Waals surface area contributed by atoms with Crippen LogP contribution in [-0.2, 0) is 6.42 Å². The molecule has 27 heavy (non-hydrogen) atoms. The first-order valence-electron chi connectivity index (χ1n) is 9.95. The normalized spacial score (nSPS) is 21.6. The van der Waals surface area contributed by atoms with Gasteiger partial charge >= 0.3 is 0 Å². The first-order valence-corrected chi connectivity index (χ1v) is 9.95. The van der Waals surface area contributed by atoms with Crippen molar-refractivity contribution in [2.24, 2.45) is 5.73 Å². The van der Waals surface area contributed by atoms with Gasteiger partial charge in [0.15, 0.2) is 0 Å². The minimum Gasteiger partial charge on any atom is -0.384 e. The molecule has 5 N–H and O–H groups in total. The van der Waals surface area contributed by atoms with E-state index in [0.717, 1.165) is 67.6 Å². The molecule has 0 aromatic carbocycles. The fourth-order valence-corrected chi connectivity index (χ4v) is 4.15. The monoisotopic (exact) mass is 364 g/mol. The number of nitrogen functional groups attached to an aromatic ring is 1. The zero-order chi connectivity index (χ0) is 18.8. The number of aromatic nitrogens is 3. The third kappa shape index (κ3) is 3.81. The van der Waals surface area contributed by atoms with Gasteiger partial charge in [0.2, 0.25) is 0 Å². The third-order valence-electron chi connectivity index (χ3n) is 5.60. The molecule has 0 bridgehead atoms. The van der Waals surface area contributed by atoms with Crippen molar-refractivity contribution >= 4 is 17.6 Å². The van der Waals surface area contributed by atoms with Crippen LogP contribution in [0.3, 0.4) is 0 Å². The minimum absolute atomic E-state index is 0.336. The van der Waals surface area contributed by atoms with Crippen molar-refractivity contribution in [1.82, 2.24) is 15.0 Å². The Labute approximate surface area is 160 Å². The maximum Gasteiger partial charge on any atom is 0.127 e. The Kier molecular flexibility index (Phi) is 5.07. The van der Waals surface area contributed by atoms with Crippen LogP contribution < -0.4 is 16.8 Å². The number of nitrogens with two attached hydrogens (primary N) is 2. The SMILES string of the molecule is CCCC1=Cc2c(ncc(-c3cc(N)ncn3)c2NC2CCC(N)CC2)C1. The zero-order valence-electron chi connectivity index (χ0n) is 15.9. The molecule has 2 aromatic heterocycles. The lowest BCUT2D eigenvalue weighted by molar-refractivity contribution is 0.411. The molecule has 6 heteroatoms. The molecule has 1 saturated carbocycles. The largest absolute Gasteiger partial charge is 0.384 e. The molecule has 0 unspecified atom stereocenters. The van der Waals surface area contributed by atoms with E-state index in [2.05, 4.69) is 28.3 Å². The van der Waals surface area contributed by atoms with Gasteiger partial charge in [-0.25, -0.2) is 9.97 Å². The van der Waals surface area contributed by atoms with E-state index >= 15 is 0 Å². The Morgan fingerprint density at radius 1 is 1.15 bits per heavy atom. The molecular weight excluding hydrogens is 336 g/mol. The molecule has 6 nitrogen and oxygen atoms in total. The summed E-state index contributed by atoms with van der Waals surface area (Å²) in [6.45, 7) is 2.22. The van der Waals surface area contributed by atoms with Gasteiger partial charge in [0.05, 0.1) is 17.1 Å². The predicted molar refractivity (Wildman–Crippen MR) is 110 cm³/mol. The highest BCUT2D eigenvalue weighted by Crippen LogP contribution is 2.39. The Balaban J connectivity index is 1.74. The number of pyridine rings is 1. The molecule has 0 atom stereocenters. The number of nitrogens with one attached hydrogen (secondary N) is 1. The lowest BCUT2D eigenvalue weighted by atomic mass is 9.91. The highest BCUT2D eigenvalue weighted by atomic mass is 15.0. The van der Waals surface area contributed by atoms with Crippen molar-refractivity contribution in [2.75, 3.05) is 11.1 Å². The number of nitrogens with zero attached hydrogens (tertiary/aromatic N) is 3. The van der Waals surface area contributed by atoms with Crippen LogP contribution in [0.1, 0.15) is 56.7 Å². The summed E-state index contributed by atoms with van der Waals surface area (Å²) in [6.07, 6.45) is 13.3. The standard InChI is InChI=1S/C21H28N6/c1-2-3-13-8-16-18(9-13)24-11-17(19-10-20(23)26-12-25-19)21(16)27-15-6-4-14(22)5-7-15/h8,10-12,14-15H,2-7,9,22H2,1H3,(H,24,27)(H2,23,25,26). The van der Waals surface area contributed by atoms with Crippen molar-refractivity contribution in [3.05, 3.63) is 35.4 Å². The molecule has 0 radical (unpaired) electrons. The van der Waals surface area contributed by atoms with Crippen LogP contribution in [0.25, 0.3) is 17.3 Å². The molecule has 2 aliphatic carbocycles. The quantitative estimate of drug-likeness (QED) is 0.750. The average Bonchev–Trinajstić information content (AvgIpc) is 3.07. The highest BCUT2D eigenvalue weighted by molar-refractivity contribution is 5.86. The molecule has 0 amide bonds. The fraction of sp³-hybridized carbons (Fsp3) is 0.476. The van der Waals surface area contributed by atoms with E-state index in [1.807, 2.05) is 12.3 Å². The van der Waals surface area contributed by atoms with Crippen molar-refractivity contribution in [3.8, 4) is 11.3 Å². The van der Waals surface area contributed by atoms with Crippen LogP contribution in [-0.4, -0.2) is 27.0 Å². The van der Waals surface area contributed by atoms with Crippen molar-refractivity contribution in [2.45, 2.75) is 64.0 Å². The van der Waals surface area contributed by atoms with Gasteiger partial charge in [-0.3, -0.25) is 4.98 Å². The molecule has 0 saturated heterocycles. The summed E-state index contributed by atoms with van der Waals surface area (Å²) in [5.41, 5.74) is 18.7. The first kappa shape index (κ1) is 17.9. The molecule has 1 fully saturated rings. The van der Waals surface area contributed by atoms with Crippen molar-refractivity contribution in [1.29, 1.82) is 0 Å². The maximum atomic E-state index is 6.09. The number of allylic oxidation sites excluding steroid dienone is 1. The summed E-state index contributed by atoms with van der Waals surface area (Å²) in [4.78, 5) is 13.2. The Bertz CT molecular complexity index is 852. The minimum atomic E-state index is 0.336. The Hall–Kier alpha value is -2.47. The summed E-state index contributed by atoms with van der Waals surface area (Å²) >= 11 is 0. The van der Waals surface area contributed by atoms with Gasteiger partial charge in [-0.2, -0.15) is 0 Å². The van der Waals surface area contributed by atoms with Crippen LogP contribution in [0.15, 0.2) is 24.2 Å². The number of anilines is 2. The van der Waals surface area contributed by atoms with E-state index in [1.54, 1.807) is 0 Å². The zero-order valence-corrected chi connectivity index (χ0v) is 15.9. The van der Waals surface area contributed by atoms with Gasteiger partial charge in [0.1, 0.15) is 12.1 Å². The summed E-state index contributed by atoms with van der Waals surface area (Å²) in [5.74, 6) is 0.470. The third-order valence-corrected chi connectivity index (χ3v) is 5.60. The number of hydrogen-bond donors (Lipinski definition) is 3. The summed E-state index contributed by atoms with van der Waals surface area (Å²) in [6, 6.07) is 2.58. The van der Waals surface area contributed by atoms with E-state index in [0.29, 0.717) is 17.9 Å². The van der Waals surface area contributed by atoms with E-state index in [-0.39, 0.29) is 0 Å². The second-order valence-electron chi connectivity index (χ2n) is 7.72. The molecule has 0 aliphatic heterocycles. The van der Waals surface area contributed by atoms with Crippen molar-refractivity contribution in [3.63, 3.8) is 0 Å². The number of fused-ring (bicyclic) bond motifs is 1. The van der Waals surface area contributed by atoms with Crippen LogP contribution in [0.5, 0.6) is 0 Å². The van der Waals surface area contributed by atoms with Gasteiger partial charge in [0, 0.05) is 41.9 Å². The van der Waals surface area contributed by atoms with Crippen LogP contribution in [0, 0.1) is 0 Å². The molecule has 2 heterocycles. The lowest BCUT2D eigenvalue weighted by Gasteiger charge is -2.29. The van der Waals surface area contributed by atoms with Gasteiger partial charge in [-0.05, 0) is 32.1 Å². The molecule has 0 spiro atoms. The van der Waals surface area contributed by atoms with Crippen LogP contribution in [0.4, 0.5) is 11.5 Å². The molecule has 142 valence electrons. The average molecular weight is 364 g/mol. The predicted octanol–water partition coefficient (Wildman–Crippen LogP) is 3.54. The number of hydrogen-bond acceptors (Lipinski definition) is 6. The molecular formula is C21H28N6.